The van der Waals surface area contributed by atoms with Crippen LogP contribution in [0.25, 0.3) is 0 Å². The lowest BCUT2D eigenvalue weighted by Gasteiger charge is -2.63. The Hall–Kier alpha value is -0.570. The van der Waals surface area contributed by atoms with Crippen LogP contribution in [0.3, 0.4) is 0 Å². The van der Waals surface area contributed by atoms with E-state index in [0.29, 0.717) is 12.3 Å². The summed E-state index contributed by atoms with van der Waals surface area (Å²) in [4.78, 5) is 12.2. The van der Waals surface area contributed by atoms with Crippen LogP contribution in [0.1, 0.15) is 61.8 Å². The quantitative estimate of drug-likeness (QED) is 0.827. The summed E-state index contributed by atoms with van der Waals surface area (Å²) in [6, 6.07) is 0.292. The molecule has 1 saturated carbocycles. The van der Waals surface area contributed by atoms with Crippen molar-refractivity contribution in [2.24, 2.45) is 27.9 Å². The van der Waals surface area contributed by atoms with E-state index in [2.05, 4.69) is 60.7 Å². The molecule has 1 unspecified atom stereocenters. The first-order chi connectivity index (χ1) is 8.31. The minimum absolute atomic E-state index is 0.0237. The highest BCUT2D eigenvalue weighted by Gasteiger charge is 2.60. The lowest BCUT2D eigenvalue weighted by atomic mass is 9.48. The van der Waals surface area contributed by atoms with Crippen LogP contribution in [-0.4, -0.2) is 18.0 Å². The summed E-state index contributed by atoms with van der Waals surface area (Å²) in [7, 11) is 0. The van der Waals surface area contributed by atoms with Gasteiger partial charge in [-0.2, -0.15) is 0 Å². The highest BCUT2D eigenvalue weighted by molar-refractivity contribution is 5.77. The molecule has 1 aliphatic carbocycles. The number of nitrogens with one attached hydrogen (secondary N) is 1. The Morgan fingerprint density at radius 3 is 2.00 bits per heavy atom. The van der Waals surface area contributed by atoms with Crippen molar-refractivity contribution in [3.63, 3.8) is 0 Å². The van der Waals surface area contributed by atoms with Crippen LogP contribution in [-0.2, 0) is 4.79 Å². The van der Waals surface area contributed by atoms with Gasteiger partial charge >= 0.3 is 0 Å². The average molecular weight is 268 g/mol. The van der Waals surface area contributed by atoms with E-state index in [4.69, 9.17) is 5.73 Å². The van der Waals surface area contributed by atoms with Gasteiger partial charge in [0.15, 0.2) is 0 Å². The van der Waals surface area contributed by atoms with Crippen LogP contribution < -0.4 is 11.1 Å². The van der Waals surface area contributed by atoms with Crippen LogP contribution >= 0.6 is 0 Å². The molecule has 1 aliphatic rings. The molecule has 3 heteroatoms. The van der Waals surface area contributed by atoms with E-state index in [1.807, 2.05) is 0 Å². The van der Waals surface area contributed by atoms with E-state index >= 15 is 0 Å². The number of nitrogens with two attached hydrogens (primary N) is 1. The molecular weight excluding hydrogens is 236 g/mol. The summed E-state index contributed by atoms with van der Waals surface area (Å²) in [5.41, 5.74) is 6.34. The third kappa shape index (κ3) is 2.96. The zero-order chi connectivity index (χ0) is 15.2. The molecule has 0 aliphatic heterocycles. The molecule has 1 rings (SSSR count). The third-order valence-corrected chi connectivity index (χ3v) is 5.37. The smallest absolute Gasteiger partial charge is 0.220 e. The van der Waals surface area contributed by atoms with Crippen molar-refractivity contribution in [1.82, 2.24) is 5.32 Å². The highest BCUT2D eigenvalue weighted by atomic mass is 16.1. The first-order valence-corrected chi connectivity index (χ1v) is 7.36. The molecule has 1 atom stereocenters. The highest BCUT2D eigenvalue weighted by Crippen LogP contribution is 2.52. The Kier molecular flexibility index (Phi) is 4.13. The van der Waals surface area contributed by atoms with Gasteiger partial charge in [-0.1, -0.05) is 55.4 Å². The van der Waals surface area contributed by atoms with Crippen molar-refractivity contribution >= 4 is 5.91 Å². The number of rotatable bonds is 3. The molecule has 0 heterocycles. The number of amides is 1. The zero-order valence-corrected chi connectivity index (χ0v) is 13.9. The van der Waals surface area contributed by atoms with Crippen LogP contribution in [0.5, 0.6) is 0 Å². The molecule has 0 spiro atoms. The van der Waals surface area contributed by atoms with Crippen LogP contribution in [0.2, 0.25) is 0 Å². The number of carbonyl (C=O) groups excluding carboxylic acids is 1. The fraction of sp³-hybridized carbons (Fsp3) is 0.938. The van der Waals surface area contributed by atoms with Gasteiger partial charge < -0.3 is 11.1 Å². The van der Waals surface area contributed by atoms with Crippen LogP contribution in [0.15, 0.2) is 0 Å². The van der Waals surface area contributed by atoms with Gasteiger partial charge in [-0.05, 0) is 11.3 Å². The molecule has 0 saturated heterocycles. The molecule has 3 nitrogen and oxygen atoms in total. The number of carbonyl (C=O) groups is 1. The van der Waals surface area contributed by atoms with E-state index in [0.717, 1.165) is 0 Å². The first kappa shape index (κ1) is 16.5. The van der Waals surface area contributed by atoms with Gasteiger partial charge in [0.05, 0.1) is 0 Å². The molecule has 0 radical (unpaired) electrons. The molecule has 1 fully saturated rings. The summed E-state index contributed by atoms with van der Waals surface area (Å²) >= 11 is 0. The van der Waals surface area contributed by atoms with Gasteiger partial charge in [-0.15, -0.1) is 0 Å². The normalized spacial score (nSPS) is 30.4. The van der Waals surface area contributed by atoms with Gasteiger partial charge in [-0.25, -0.2) is 0 Å². The summed E-state index contributed by atoms with van der Waals surface area (Å²) in [5.74, 6) is 0.521. The molecule has 0 aromatic carbocycles. The van der Waals surface area contributed by atoms with Crippen molar-refractivity contribution in [3.05, 3.63) is 0 Å². The predicted octanol–water partition coefficient (Wildman–Crippen LogP) is 2.94. The molecule has 1 amide bonds. The Morgan fingerprint density at radius 1 is 1.21 bits per heavy atom. The fourth-order valence-electron chi connectivity index (χ4n) is 3.36. The average Bonchev–Trinajstić information content (AvgIpc) is 2.23. The van der Waals surface area contributed by atoms with Gasteiger partial charge in [0, 0.05) is 29.3 Å². The van der Waals surface area contributed by atoms with E-state index in [-0.39, 0.29) is 34.2 Å². The van der Waals surface area contributed by atoms with Gasteiger partial charge in [0.2, 0.25) is 5.91 Å². The number of hydrogen-bond acceptors (Lipinski definition) is 2. The molecular formula is C16H32N2O. The van der Waals surface area contributed by atoms with Crippen molar-refractivity contribution in [3.8, 4) is 0 Å². The second-order valence-electron chi connectivity index (χ2n) is 8.59. The Morgan fingerprint density at radius 2 is 1.63 bits per heavy atom. The molecule has 3 N–H and O–H groups in total. The molecule has 0 bridgehead atoms. The maximum Gasteiger partial charge on any atom is 0.220 e. The number of hydrogen-bond donors (Lipinski definition) is 2. The molecule has 0 aromatic rings. The molecule has 19 heavy (non-hydrogen) atoms. The SMILES string of the molecule is CC(CC(=O)NC1C(C)(C)C(N)C1(C)C)C(C)(C)C. The Bertz CT molecular complexity index is 336. The zero-order valence-electron chi connectivity index (χ0n) is 13.9. The van der Waals surface area contributed by atoms with Gasteiger partial charge in [0.25, 0.3) is 0 Å². The molecule has 112 valence electrons. The summed E-state index contributed by atoms with van der Waals surface area (Å²) in [6.45, 7) is 17.2. The fourth-order valence-corrected chi connectivity index (χ4v) is 3.36. The van der Waals surface area contributed by atoms with Gasteiger partial charge in [0.1, 0.15) is 0 Å². The lowest BCUT2D eigenvalue weighted by molar-refractivity contribution is -0.133. The third-order valence-electron chi connectivity index (χ3n) is 5.37. The van der Waals surface area contributed by atoms with Crippen LogP contribution in [0, 0.1) is 22.2 Å². The second-order valence-corrected chi connectivity index (χ2v) is 8.59. The largest absolute Gasteiger partial charge is 0.352 e. The van der Waals surface area contributed by atoms with E-state index in [1.165, 1.54) is 0 Å². The van der Waals surface area contributed by atoms with Crippen molar-refractivity contribution < 1.29 is 4.79 Å². The lowest BCUT2D eigenvalue weighted by Crippen LogP contribution is -2.76. The van der Waals surface area contributed by atoms with E-state index in [9.17, 15) is 4.79 Å². The summed E-state index contributed by atoms with van der Waals surface area (Å²) in [5, 5.41) is 3.21. The van der Waals surface area contributed by atoms with Gasteiger partial charge in [-0.3, -0.25) is 4.79 Å². The molecule has 0 aromatic heterocycles. The predicted molar refractivity (Wildman–Crippen MR) is 80.7 cm³/mol. The Balaban J connectivity index is 2.64. The summed E-state index contributed by atoms with van der Waals surface area (Å²) in [6.07, 6.45) is 0.585. The van der Waals surface area contributed by atoms with Crippen molar-refractivity contribution in [1.29, 1.82) is 0 Å². The minimum atomic E-state index is -0.0237. The second kappa shape index (κ2) is 4.76. The van der Waals surface area contributed by atoms with Crippen molar-refractivity contribution in [2.75, 3.05) is 0 Å². The van der Waals surface area contributed by atoms with E-state index in [1.54, 1.807) is 0 Å². The maximum atomic E-state index is 12.2. The Labute approximate surface area is 118 Å². The maximum absolute atomic E-state index is 12.2. The first-order valence-electron chi connectivity index (χ1n) is 7.36. The van der Waals surface area contributed by atoms with Crippen molar-refractivity contribution in [2.45, 2.75) is 73.9 Å². The van der Waals surface area contributed by atoms with Crippen LogP contribution in [0.4, 0.5) is 0 Å². The summed E-state index contributed by atoms with van der Waals surface area (Å²) < 4.78 is 0. The van der Waals surface area contributed by atoms with E-state index < -0.39 is 0 Å². The minimum Gasteiger partial charge on any atom is -0.352 e. The monoisotopic (exact) mass is 268 g/mol. The topological polar surface area (TPSA) is 55.1 Å². The standard InChI is InChI=1S/C16H32N2O/c1-10(14(2,3)4)9-11(19)18-13-15(5,6)12(17)16(13,7)8/h10,12-13H,9,17H2,1-8H3,(H,18,19).